The summed E-state index contributed by atoms with van der Waals surface area (Å²) in [5, 5.41) is 7.40. The first-order chi connectivity index (χ1) is 9.77. The Hall–Kier alpha value is -1.31. The molecule has 110 valence electrons. The normalized spacial score (nSPS) is 11.3. The first-order valence-electron chi connectivity index (χ1n) is 5.89. The minimum absolute atomic E-state index is 0.0183. The van der Waals surface area contributed by atoms with E-state index in [9.17, 15) is 8.42 Å². The van der Waals surface area contributed by atoms with Crippen molar-refractivity contribution >= 4 is 43.4 Å². The van der Waals surface area contributed by atoms with Crippen LogP contribution in [0.3, 0.4) is 0 Å². The van der Waals surface area contributed by atoms with Gasteiger partial charge in [0.15, 0.2) is 9.84 Å². The fourth-order valence-electron chi connectivity index (χ4n) is 1.63. The molecule has 0 bridgehead atoms. The van der Waals surface area contributed by atoms with Gasteiger partial charge in [-0.15, -0.1) is 0 Å². The summed E-state index contributed by atoms with van der Waals surface area (Å²) in [4.78, 5) is 2.20. The van der Waals surface area contributed by atoms with Gasteiger partial charge < -0.3 is 5.73 Å². The number of nitrogen functional groups attached to an aromatic ring is 1. The average molecular weight is 385 g/mol. The van der Waals surface area contributed by atoms with E-state index in [1.807, 2.05) is 6.07 Å². The molecule has 0 heterocycles. The number of hydrogen-bond acceptors (Lipinski definition) is 4. The van der Waals surface area contributed by atoms with Gasteiger partial charge in [-0.1, -0.05) is 17.8 Å². The lowest BCUT2D eigenvalue weighted by Gasteiger charge is -2.07. The number of hydrogen-bond donors (Lipinski definition) is 2. The molecule has 3 N–H and O–H groups in total. The largest absolute Gasteiger partial charge is 0.384 e. The second kappa shape index (κ2) is 6.21. The van der Waals surface area contributed by atoms with Crippen molar-refractivity contribution in [3.05, 3.63) is 52.5 Å². The quantitative estimate of drug-likeness (QED) is 0.625. The Morgan fingerprint density at radius 2 is 1.81 bits per heavy atom. The topological polar surface area (TPSA) is 84.0 Å². The molecule has 0 spiro atoms. The van der Waals surface area contributed by atoms with Crippen LogP contribution < -0.4 is 5.73 Å². The van der Waals surface area contributed by atoms with E-state index in [4.69, 9.17) is 11.1 Å². The van der Waals surface area contributed by atoms with Gasteiger partial charge in [0.1, 0.15) is 5.84 Å². The van der Waals surface area contributed by atoms with Crippen LogP contribution >= 0.6 is 27.7 Å². The molecule has 4 nitrogen and oxygen atoms in total. The van der Waals surface area contributed by atoms with Crippen LogP contribution in [0.4, 0.5) is 0 Å². The van der Waals surface area contributed by atoms with Gasteiger partial charge in [0, 0.05) is 26.1 Å². The molecule has 2 rings (SSSR count). The molecular formula is C14H13BrN2O2S2. The Labute approximate surface area is 136 Å². The van der Waals surface area contributed by atoms with E-state index in [2.05, 4.69) is 15.9 Å². The highest BCUT2D eigenvalue weighted by molar-refractivity contribution is 9.10. The summed E-state index contributed by atoms with van der Waals surface area (Å²) in [6, 6.07) is 12.2. The summed E-state index contributed by atoms with van der Waals surface area (Å²) in [6.45, 7) is 0. The van der Waals surface area contributed by atoms with E-state index >= 15 is 0 Å². The van der Waals surface area contributed by atoms with Crippen molar-refractivity contribution in [1.29, 1.82) is 5.41 Å². The van der Waals surface area contributed by atoms with Crippen LogP contribution in [-0.4, -0.2) is 20.5 Å². The summed E-state index contributed by atoms with van der Waals surface area (Å²) in [7, 11) is -3.17. The minimum atomic E-state index is -3.17. The molecule has 0 saturated heterocycles. The van der Waals surface area contributed by atoms with Crippen LogP contribution in [0.1, 0.15) is 5.56 Å². The Kier molecular flexibility index (Phi) is 4.75. The van der Waals surface area contributed by atoms with Crippen molar-refractivity contribution < 1.29 is 8.42 Å². The van der Waals surface area contributed by atoms with E-state index in [-0.39, 0.29) is 5.84 Å². The van der Waals surface area contributed by atoms with Gasteiger partial charge in [0.2, 0.25) is 0 Å². The first-order valence-corrected chi connectivity index (χ1v) is 9.39. The van der Waals surface area contributed by atoms with Gasteiger partial charge in [-0.2, -0.15) is 0 Å². The zero-order valence-corrected chi connectivity index (χ0v) is 14.3. The Morgan fingerprint density at radius 3 is 2.29 bits per heavy atom. The van der Waals surface area contributed by atoms with Gasteiger partial charge in [0.05, 0.1) is 4.90 Å². The summed E-state index contributed by atoms with van der Waals surface area (Å²) >= 11 is 4.95. The lowest BCUT2D eigenvalue weighted by atomic mass is 10.2. The van der Waals surface area contributed by atoms with Crippen LogP contribution in [-0.2, 0) is 9.84 Å². The van der Waals surface area contributed by atoms with E-state index in [0.29, 0.717) is 10.5 Å². The summed E-state index contributed by atoms with van der Waals surface area (Å²) in [5.41, 5.74) is 6.09. The van der Waals surface area contributed by atoms with E-state index in [1.54, 1.807) is 36.4 Å². The maximum Gasteiger partial charge on any atom is 0.175 e. The zero-order chi connectivity index (χ0) is 15.6. The second-order valence-electron chi connectivity index (χ2n) is 4.40. The predicted octanol–water partition coefficient (Wildman–Crippen LogP) is 3.29. The lowest BCUT2D eigenvalue weighted by Crippen LogP contribution is -2.10. The summed E-state index contributed by atoms with van der Waals surface area (Å²) < 4.78 is 23.7. The molecule has 0 radical (unpaired) electrons. The maximum atomic E-state index is 11.4. The molecule has 2 aromatic rings. The van der Waals surface area contributed by atoms with Crippen molar-refractivity contribution in [2.45, 2.75) is 14.7 Å². The molecule has 0 aromatic heterocycles. The molecule has 0 saturated carbocycles. The third-order valence-electron chi connectivity index (χ3n) is 2.72. The highest BCUT2D eigenvalue weighted by Crippen LogP contribution is 2.34. The number of benzene rings is 2. The smallest absolute Gasteiger partial charge is 0.175 e. The van der Waals surface area contributed by atoms with Gasteiger partial charge in [0.25, 0.3) is 0 Å². The summed E-state index contributed by atoms with van der Waals surface area (Å²) in [5.74, 6) is 0.0183. The van der Waals surface area contributed by atoms with Crippen LogP contribution in [0.5, 0.6) is 0 Å². The molecule has 0 unspecified atom stereocenters. The molecule has 0 amide bonds. The molecule has 0 aliphatic heterocycles. The first kappa shape index (κ1) is 16.1. The van der Waals surface area contributed by atoms with E-state index in [0.717, 1.165) is 14.3 Å². The van der Waals surface area contributed by atoms with Gasteiger partial charge in [-0.05, 0) is 52.3 Å². The number of nitrogens with two attached hydrogens (primary N) is 1. The van der Waals surface area contributed by atoms with Crippen molar-refractivity contribution in [2.75, 3.05) is 6.26 Å². The van der Waals surface area contributed by atoms with E-state index in [1.165, 1.54) is 18.0 Å². The minimum Gasteiger partial charge on any atom is -0.384 e. The third-order valence-corrected chi connectivity index (χ3v) is 5.85. The third kappa shape index (κ3) is 4.09. The number of halogens is 1. The standard InChI is InChI=1S/C14H13BrN2O2S2/c1-21(18,19)11-5-3-10(4-6-11)20-13-7-2-9(14(16)17)8-12(13)15/h2-8H,1H3,(H3,16,17). The van der Waals surface area contributed by atoms with Crippen molar-refractivity contribution in [1.82, 2.24) is 0 Å². The van der Waals surface area contributed by atoms with Crippen molar-refractivity contribution in [3.63, 3.8) is 0 Å². The fourth-order valence-corrected chi connectivity index (χ4v) is 3.70. The van der Waals surface area contributed by atoms with Gasteiger partial charge >= 0.3 is 0 Å². The van der Waals surface area contributed by atoms with Crippen molar-refractivity contribution in [2.24, 2.45) is 5.73 Å². The van der Waals surface area contributed by atoms with Gasteiger partial charge in [-0.25, -0.2) is 8.42 Å². The molecule has 21 heavy (non-hydrogen) atoms. The van der Waals surface area contributed by atoms with E-state index < -0.39 is 9.84 Å². The highest BCUT2D eigenvalue weighted by Gasteiger charge is 2.08. The number of nitrogens with one attached hydrogen (secondary N) is 1. The molecule has 7 heteroatoms. The van der Waals surface area contributed by atoms with Crippen LogP contribution in [0.25, 0.3) is 0 Å². The molecule has 0 atom stereocenters. The number of sulfone groups is 1. The molecular weight excluding hydrogens is 372 g/mol. The average Bonchev–Trinajstić information content (AvgIpc) is 2.40. The SMILES string of the molecule is CS(=O)(=O)c1ccc(Sc2ccc(C(=N)N)cc2Br)cc1. The maximum absolute atomic E-state index is 11.4. The molecule has 2 aromatic carbocycles. The lowest BCUT2D eigenvalue weighted by molar-refractivity contribution is 0.602. The zero-order valence-electron chi connectivity index (χ0n) is 11.1. The molecule has 0 aliphatic rings. The second-order valence-corrected chi connectivity index (χ2v) is 8.39. The Bertz CT molecular complexity index is 787. The number of amidine groups is 1. The monoisotopic (exact) mass is 384 g/mol. The Morgan fingerprint density at radius 1 is 1.19 bits per heavy atom. The molecule has 0 fully saturated rings. The van der Waals surface area contributed by atoms with Crippen LogP contribution in [0.15, 0.2) is 61.6 Å². The Balaban J connectivity index is 2.24. The fraction of sp³-hybridized carbons (Fsp3) is 0.0714. The van der Waals surface area contributed by atoms with Crippen LogP contribution in [0, 0.1) is 5.41 Å². The van der Waals surface area contributed by atoms with Crippen LogP contribution in [0.2, 0.25) is 0 Å². The highest BCUT2D eigenvalue weighted by atomic mass is 79.9. The summed E-state index contributed by atoms with van der Waals surface area (Å²) in [6.07, 6.45) is 1.19. The predicted molar refractivity (Wildman–Crippen MR) is 88.8 cm³/mol. The molecule has 0 aliphatic carbocycles. The van der Waals surface area contributed by atoms with Crippen molar-refractivity contribution in [3.8, 4) is 0 Å². The van der Waals surface area contributed by atoms with Gasteiger partial charge in [-0.3, -0.25) is 5.41 Å². The number of rotatable bonds is 4.